The van der Waals surface area contributed by atoms with Crippen molar-refractivity contribution in [3.05, 3.63) is 96.1 Å². The molecule has 0 aliphatic carbocycles. The number of hydrogen-bond donors (Lipinski definition) is 2. The molecule has 168 valence electrons. The Hall–Kier alpha value is -4.38. The van der Waals surface area contributed by atoms with E-state index in [9.17, 15) is 16.8 Å². The summed E-state index contributed by atoms with van der Waals surface area (Å²) < 4.78 is 56.9. The second kappa shape index (κ2) is 8.87. The molecule has 34 heavy (non-hydrogen) atoms. The van der Waals surface area contributed by atoms with Gasteiger partial charge in [0.05, 0.1) is 44.4 Å². The normalized spacial score (nSPS) is 11.4. The molecule has 0 saturated carbocycles. The Morgan fingerprint density at radius 2 is 0.912 bits per heavy atom. The summed E-state index contributed by atoms with van der Waals surface area (Å²) >= 11 is 0. The molecule has 10 heteroatoms. The van der Waals surface area contributed by atoms with Crippen molar-refractivity contribution in [3.8, 4) is 12.1 Å². The largest absolute Gasteiger partial charge is 0.277 e. The molecule has 2 N–H and O–H groups in total. The van der Waals surface area contributed by atoms with E-state index in [2.05, 4.69) is 9.44 Å². The standard InChI is InChI=1S/C24H16N4O4S2/c25-15-17-5-9-21(10-6-17)33(29,30)27-23-13-19-3-1-2-4-20(19)14-24(23)28-34(31,32)22-11-7-18(16-26)8-12-22/h1-14,27-28H. The van der Waals surface area contributed by atoms with Gasteiger partial charge in [-0.3, -0.25) is 9.44 Å². The minimum Gasteiger partial charge on any atom is -0.277 e. The number of sulfonamides is 2. The highest BCUT2D eigenvalue weighted by atomic mass is 32.2. The van der Waals surface area contributed by atoms with Crippen LogP contribution >= 0.6 is 0 Å². The van der Waals surface area contributed by atoms with Crippen LogP contribution in [0.25, 0.3) is 10.8 Å². The third-order valence-corrected chi connectivity index (χ3v) is 7.72. The van der Waals surface area contributed by atoms with Crippen molar-refractivity contribution in [3.63, 3.8) is 0 Å². The minimum absolute atomic E-state index is 0.0280. The molecule has 0 fully saturated rings. The average molecular weight is 489 g/mol. The van der Waals surface area contributed by atoms with Crippen molar-refractivity contribution in [2.24, 2.45) is 0 Å². The lowest BCUT2D eigenvalue weighted by Crippen LogP contribution is -2.17. The second-order valence-electron chi connectivity index (χ2n) is 7.23. The SMILES string of the molecule is N#Cc1ccc(S(=O)(=O)Nc2cc3ccccc3cc2NS(=O)(=O)c2ccc(C#N)cc2)cc1. The summed E-state index contributed by atoms with van der Waals surface area (Å²) in [4.78, 5) is -0.166. The van der Waals surface area contributed by atoms with Gasteiger partial charge in [-0.05, 0) is 71.4 Å². The molecule has 0 radical (unpaired) electrons. The number of nitriles is 2. The highest BCUT2D eigenvalue weighted by Crippen LogP contribution is 2.32. The molecular formula is C24H16N4O4S2. The molecule has 0 saturated heterocycles. The number of hydrogen-bond acceptors (Lipinski definition) is 6. The van der Waals surface area contributed by atoms with Crippen molar-refractivity contribution in [1.82, 2.24) is 0 Å². The average Bonchev–Trinajstić information content (AvgIpc) is 2.84. The van der Waals surface area contributed by atoms with Crippen LogP contribution in [0.2, 0.25) is 0 Å². The first-order chi connectivity index (χ1) is 16.2. The maximum atomic E-state index is 13.0. The van der Waals surface area contributed by atoms with E-state index in [1.807, 2.05) is 12.1 Å². The Bertz CT molecular complexity index is 1560. The van der Waals surface area contributed by atoms with E-state index in [1.165, 1.54) is 60.7 Å². The molecule has 0 aromatic heterocycles. The molecule has 0 atom stereocenters. The van der Waals surface area contributed by atoms with Crippen LogP contribution in [0, 0.1) is 22.7 Å². The summed E-state index contributed by atoms with van der Waals surface area (Å²) in [6, 6.07) is 24.7. The van der Waals surface area contributed by atoms with Gasteiger partial charge in [0, 0.05) is 0 Å². The fraction of sp³-hybridized carbons (Fsp3) is 0. The summed E-state index contributed by atoms with van der Waals surface area (Å²) in [5, 5.41) is 19.3. The first kappa shape index (κ1) is 22.8. The van der Waals surface area contributed by atoms with Gasteiger partial charge in [-0.2, -0.15) is 10.5 Å². The lowest BCUT2D eigenvalue weighted by molar-refractivity contribution is 0.599. The summed E-state index contributed by atoms with van der Waals surface area (Å²) in [7, 11) is -8.18. The van der Waals surface area contributed by atoms with E-state index in [1.54, 1.807) is 24.3 Å². The smallest absolute Gasteiger partial charge is 0.261 e. The molecule has 8 nitrogen and oxygen atoms in total. The van der Waals surface area contributed by atoms with Crippen LogP contribution in [-0.2, 0) is 20.0 Å². The second-order valence-corrected chi connectivity index (χ2v) is 10.6. The van der Waals surface area contributed by atoms with Crippen LogP contribution in [0.3, 0.4) is 0 Å². The van der Waals surface area contributed by atoms with Gasteiger partial charge < -0.3 is 0 Å². The van der Waals surface area contributed by atoms with Crippen molar-refractivity contribution in [2.45, 2.75) is 9.79 Å². The predicted molar refractivity (Wildman–Crippen MR) is 128 cm³/mol. The van der Waals surface area contributed by atoms with Crippen molar-refractivity contribution in [2.75, 3.05) is 9.44 Å². The van der Waals surface area contributed by atoms with Gasteiger partial charge in [-0.15, -0.1) is 0 Å². The Kier molecular flexibility index (Phi) is 5.95. The van der Waals surface area contributed by atoms with E-state index in [0.717, 1.165) is 0 Å². The molecule has 0 aliphatic heterocycles. The number of nitrogens with one attached hydrogen (secondary N) is 2. The summed E-state index contributed by atoms with van der Waals surface area (Å²) in [6.07, 6.45) is 0. The minimum atomic E-state index is -4.09. The number of rotatable bonds is 6. The van der Waals surface area contributed by atoms with E-state index in [0.29, 0.717) is 21.9 Å². The highest BCUT2D eigenvalue weighted by Gasteiger charge is 2.21. The fourth-order valence-electron chi connectivity index (χ4n) is 3.23. The first-order valence-electron chi connectivity index (χ1n) is 9.81. The van der Waals surface area contributed by atoms with Crippen LogP contribution in [0.15, 0.2) is 94.7 Å². The number of benzene rings is 4. The van der Waals surface area contributed by atoms with Crippen molar-refractivity contribution < 1.29 is 16.8 Å². The summed E-state index contributed by atoms with van der Waals surface area (Å²) in [6.45, 7) is 0. The number of fused-ring (bicyclic) bond motifs is 1. The quantitative estimate of drug-likeness (QED) is 0.417. The van der Waals surface area contributed by atoms with Crippen LogP contribution in [0.4, 0.5) is 11.4 Å². The third-order valence-electron chi connectivity index (χ3n) is 4.96. The third kappa shape index (κ3) is 4.69. The Balaban J connectivity index is 1.77. The molecule has 4 aromatic rings. The van der Waals surface area contributed by atoms with E-state index < -0.39 is 20.0 Å². The molecule has 0 aliphatic rings. The van der Waals surface area contributed by atoms with Crippen LogP contribution in [0.5, 0.6) is 0 Å². The van der Waals surface area contributed by atoms with E-state index in [4.69, 9.17) is 10.5 Å². The molecule has 4 aromatic carbocycles. The molecular weight excluding hydrogens is 472 g/mol. The van der Waals surface area contributed by atoms with Gasteiger partial charge in [0.2, 0.25) is 0 Å². The lowest BCUT2D eigenvalue weighted by atomic mass is 10.1. The van der Waals surface area contributed by atoms with Crippen LogP contribution in [0.1, 0.15) is 11.1 Å². The first-order valence-corrected chi connectivity index (χ1v) is 12.8. The lowest BCUT2D eigenvalue weighted by Gasteiger charge is -2.16. The Labute approximate surface area is 196 Å². The summed E-state index contributed by atoms with van der Waals surface area (Å²) in [5.74, 6) is 0. The molecule has 0 bridgehead atoms. The van der Waals surface area contributed by atoms with Gasteiger partial charge in [-0.1, -0.05) is 24.3 Å². The highest BCUT2D eigenvalue weighted by molar-refractivity contribution is 7.93. The zero-order chi connectivity index (χ0) is 24.3. The molecule has 0 heterocycles. The van der Waals surface area contributed by atoms with Crippen molar-refractivity contribution in [1.29, 1.82) is 10.5 Å². The topological polar surface area (TPSA) is 140 Å². The maximum Gasteiger partial charge on any atom is 0.261 e. The monoisotopic (exact) mass is 488 g/mol. The Morgan fingerprint density at radius 1 is 0.559 bits per heavy atom. The van der Waals surface area contributed by atoms with E-state index in [-0.39, 0.29) is 21.2 Å². The molecule has 4 rings (SSSR count). The zero-order valence-corrected chi connectivity index (χ0v) is 19.1. The fourth-order valence-corrected chi connectivity index (χ4v) is 5.38. The maximum absolute atomic E-state index is 13.0. The summed E-state index contributed by atoms with van der Waals surface area (Å²) in [5.41, 5.74) is 0.668. The molecule has 0 unspecified atom stereocenters. The predicted octanol–water partition coefficient (Wildman–Crippen LogP) is 4.18. The van der Waals surface area contributed by atoms with Gasteiger partial charge in [0.1, 0.15) is 0 Å². The van der Waals surface area contributed by atoms with Crippen LogP contribution < -0.4 is 9.44 Å². The van der Waals surface area contributed by atoms with Gasteiger partial charge >= 0.3 is 0 Å². The van der Waals surface area contributed by atoms with Gasteiger partial charge in [0.15, 0.2) is 0 Å². The van der Waals surface area contributed by atoms with Crippen molar-refractivity contribution >= 4 is 42.2 Å². The molecule has 0 spiro atoms. The number of anilines is 2. The number of nitrogens with zero attached hydrogens (tertiary/aromatic N) is 2. The zero-order valence-electron chi connectivity index (χ0n) is 17.4. The van der Waals surface area contributed by atoms with Gasteiger partial charge in [0.25, 0.3) is 20.0 Å². The van der Waals surface area contributed by atoms with Crippen LogP contribution in [-0.4, -0.2) is 16.8 Å². The molecule has 0 amide bonds. The van der Waals surface area contributed by atoms with Gasteiger partial charge in [-0.25, -0.2) is 16.8 Å². The van der Waals surface area contributed by atoms with E-state index >= 15 is 0 Å². The Morgan fingerprint density at radius 3 is 1.24 bits per heavy atom.